The molecule has 4 heteroatoms. The zero-order chi connectivity index (χ0) is 13.1. The number of piperidine rings is 1. The number of likely N-dealkylation sites (N-methyl/N-ethyl adjacent to an activating group) is 1. The SMILES string of the molecule is CCC1NC(C)CCC1OCC(=O)N(C)C1CC1. The van der Waals surface area contributed by atoms with E-state index >= 15 is 0 Å². The number of nitrogens with zero attached hydrogens (tertiary/aromatic N) is 1. The largest absolute Gasteiger partial charge is 0.367 e. The van der Waals surface area contributed by atoms with Gasteiger partial charge in [0.15, 0.2) is 0 Å². The van der Waals surface area contributed by atoms with Gasteiger partial charge in [-0.3, -0.25) is 4.79 Å². The van der Waals surface area contributed by atoms with Crippen molar-refractivity contribution in [1.29, 1.82) is 0 Å². The fourth-order valence-corrected chi connectivity index (χ4v) is 2.70. The number of hydrogen-bond donors (Lipinski definition) is 1. The predicted octanol–water partition coefficient (Wildman–Crippen LogP) is 1.54. The molecule has 0 aromatic heterocycles. The molecule has 1 saturated heterocycles. The number of rotatable bonds is 5. The minimum absolute atomic E-state index is 0.131. The first-order valence-corrected chi connectivity index (χ1v) is 7.25. The lowest BCUT2D eigenvalue weighted by molar-refractivity contribution is -0.138. The van der Waals surface area contributed by atoms with Gasteiger partial charge in [0.05, 0.1) is 6.10 Å². The first-order chi connectivity index (χ1) is 8.61. The Hall–Kier alpha value is -0.610. The molecule has 0 aromatic rings. The zero-order valence-electron chi connectivity index (χ0n) is 11.8. The van der Waals surface area contributed by atoms with E-state index in [-0.39, 0.29) is 18.6 Å². The van der Waals surface area contributed by atoms with Crippen LogP contribution in [0.25, 0.3) is 0 Å². The minimum Gasteiger partial charge on any atom is -0.367 e. The Kier molecular flexibility index (Phi) is 4.62. The maximum absolute atomic E-state index is 11.9. The molecule has 2 rings (SSSR count). The van der Waals surface area contributed by atoms with Gasteiger partial charge in [-0.1, -0.05) is 6.92 Å². The lowest BCUT2D eigenvalue weighted by Crippen LogP contribution is -2.50. The van der Waals surface area contributed by atoms with Crippen LogP contribution in [-0.2, 0) is 9.53 Å². The summed E-state index contributed by atoms with van der Waals surface area (Å²) < 4.78 is 5.84. The van der Waals surface area contributed by atoms with E-state index in [1.807, 2.05) is 11.9 Å². The number of nitrogens with one attached hydrogen (secondary N) is 1. The second kappa shape index (κ2) is 6.02. The Bertz CT molecular complexity index is 292. The number of carbonyl (C=O) groups excluding carboxylic acids is 1. The maximum atomic E-state index is 11.9. The van der Waals surface area contributed by atoms with Crippen molar-refractivity contribution in [2.24, 2.45) is 0 Å². The summed E-state index contributed by atoms with van der Waals surface area (Å²) >= 11 is 0. The Morgan fingerprint density at radius 3 is 2.67 bits per heavy atom. The highest BCUT2D eigenvalue weighted by molar-refractivity contribution is 5.77. The van der Waals surface area contributed by atoms with Crippen LogP contribution < -0.4 is 5.32 Å². The van der Waals surface area contributed by atoms with E-state index in [0.29, 0.717) is 18.1 Å². The average Bonchev–Trinajstić information content (AvgIpc) is 3.20. The lowest BCUT2D eigenvalue weighted by Gasteiger charge is -2.35. The van der Waals surface area contributed by atoms with Gasteiger partial charge in [-0.25, -0.2) is 0 Å². The van der Waals surface area contributed by atoms with Gasteiger partial charge in [0, 0.05) is 25.2 Å². The van der Waals surface area contributed by atoms with Crippen LogP contribution in [0, 0.1) is 0 Å². The second-order valence-electron chi connectivity index (χ2n) is 5.75. The second-order valence-corrected chi connectivity index (χ2v) is 5.75. The van der Waals surface area contributed by atoms with Crippen LogP contribution in [0.2, 0.25) is 0 Å². The molecule has 2 aliphatic rings. The summed E-state index contributed by atoms with van der Waals surface area (Å²) in [5.41, 5.74) is 0. The summed E-state index contributed by atoms with van der Waals surface area (Å²) in [6.45, 7) is 4.62. The molecule has 3 unspecified atom stereocenters. The molecule has 1 amide bonds. The Morgan fingerprint density at radius 1 is 1.33 bits per heavy atom. The topological polar surface area (TPSA) is 41.6 Å². The highest BCUT2D eigenvalue weighted by Gasteiger charge is 2.31. The molecule has 1 saturated carbocycles. The molecule has 3 atom stereocenters. The molecule has 0 spiro atoms. The van der Waals surface area contributed by atoms with Gasteiger partial charge < -0.3 is 15.0 Å². The third-order valence-electron chi connectivity index (χ3n) is 4.18. The molecule has 1 N–H and O–H groups in total. The molecule has 104 valence electrons. The van der Waals surface area contributed by atoms with Crippen LogP contribution in [0.4, 0.5) is 0 Å². The van der Waals surface area contributed by atoms with Crippen molar-refractivity contribution in [1.82, 2.24) is 10.2 Å². The van der Waals surface area contributed by atoms with Crippen LogP contribution in [0.5, 0.6) is 0 Å². The van der Waals surface area contributed by atoms with Crippen LogP contribution >= 0.6 is 0 Å². The van der Waals surface area contributed by atoms with E-state index in [1.165, 1.54) is 0 Å². The maximum Gasteiger partial charge on any atom is 0.248 e. The monoisotopic (exact) mass is 254 g/mol. The molecule has 18 heavy (non-hydrogen) atoms. The smallest absolute Gasteiger partial charge is 0.248 e. The van der Waals surface area contributed by atoms with E-state index in [9.17, 15) is 4.79 Å². The van der Waals surface area contributed by atoms with Crippen LogP contribution in [0.15, 0.2) is 0 Å². The third-order valence-corrected chi connectivity index (χ3v) is 4.18. The van der Waals surface area contributed by atoms with Crippen molar-refractivity contribution in [2.45, 2.75) is 70.2 Å². The fraction of sp³-hybridized carbons (Fsp3) is 0.929. The summed E-state index contributed by atoms with van der Waals surface area (Å²) in [7, 11) is 1.89. The van der Waals surface area contributed by atoms with Gasteiger partial charge in [0.25, 0.3) is 0 Å². The van der Waals surface area contributed by atoms with Gasteiger partial charge in [-0.2, -0.15) is 0 Å². The fourth-order valence-electron chi connectivity index (χ4n) is 2.70. The molecule has 1 aliphatic carbocycles. The van der Waals surface area contributed by atoms with Gasteiger partial charge in [-0.05, 0) is 39.0 Å². The van der Waals surface area contributed by atoms with Crippen molar-refractivity contribution in [3.05, 3.63) is 0 Å². The Morgan fingerprint density at radius 2 is 2.06 bits per heavy atom. The third kappa shape index (κ3) is 3.45. The summed E-state index contributed by atoms with van der Waals surface area (Å²) in [6.07, 6.45) is 5.76. The lowest BCUT2D eigenvalue weighted by atomic mass is 9.95. The summed E-state index contributed by atoms with van der Waals surface area (Å²) in [5.74, 6) is 0.131. The number of ether oxygens (including phenoxy) is 1. The highest BCUT2D eigenvalue weighted by atomic mass is 16.5. The van der Waals surface area contributed by atoms with Gasteiger partial charge in [0.2, 0.25) is 5.91 Å². The van der Waals surface area contributed by atoms with Gasteiger partial charge in [0.1, 0.15) is 6.61 Å². The first kappa shape index (κ1) is 13.8. The molecular formula is C14H26N2O2. The van der Waals surface area contributed by atoms with Gasteiger partial charge >= 0.3 is 0 Å². The molecule has 0 radical (unpaired) electrons. The quantitative estimate of drug-likeness (QED) is 0.809. The van der Waals surface area contributed by atoms with E-state index in [1.54, 1.807) is 0 Å². The van der Waals surface area contributed by atoms with Crippen molar-refractivity contribution < 1.29 is 9.53 Å². The Labute approximate surface area is 110 Å². The number of carbonyl (C=O) groups is 1. The van der Waals surface area contributed by atoms with Crippen LogP contribution in [-0.4, -0.2) is 48.7 Å². The molecule has 2 fully saturated rings. The molecule has 0 bridgehead atoms. The first-order valence-electron chi connectivity index (χ1n) is 7.25. The van der Waals surface area contributed by atoms with Crippen molar-refractivity contribution in [3.63, 3.8) is 0 Å². The normalized spacial score (nSPS) is 32.3. The van der Waals surface area contributed by atoms with Crippen LogP contribution in [0.3, 0.4) is 0 Å². The molecular weight excluding hydrogens is 228 g/mol. The summed E-state index contributed by atoms with van der Waals surface area (Å²) in [6, 6.07) is 1.44. The van der Waals surface area contributed by atoms with E-state index in [0.717, 1.165) is 32.1 Å². The van der Waals surface area contributed by atoms with Crippen molar-refractivity contribution >= 4 is 5.91 Å². The van der Waals surface area contributed by atoms with Crippen LogP contribution in [0.1, 0.15) is 46.0 Å². The standard InChI is InChI=1S/C14H26N2O2/c1-4-12-13(8-5-10(2)15-12)18-9-14(17)16(3)11-6-7-11/h10-13,15H,4-9H2,1-3H3. The van der Waals surface area contributed by atoms with Crippen molar-refractivity contribution in [2.75, 3.05) is 13.7 Å². The summed E-state index contributed by atoms with van der Waals surface area (Å²) in [4.78, 5) is 13.8. The molecule has 0 aromatic carbocycles. The molecule has 1 heterocycles. The number of hydrogen-bond acceptors (Lipinski definition) is 3. The average molecular weight is 254 g/mol. The molecule has 4 nitrogen and oxygen atoms in total. The zero-order valence-corrected chi connectivity index (χ0v) is 11.8. The van der Waals surface area contributed by atoms with Crippen molar-refractivity contribution in [3.8, 4) is 0 Å². The van der Waals surface area contributed by atoms with E-state index in [2.05, 4.69) is 19.2 Å². The van der Waals surface area contributed by atoms with E-state index in [4.69, 9.17) is 4.74 Å². The number of amides is 1. The Balaban J connectivity index is 1.76. The molecule has 1 aliphatic heterocycles. The van der Waals surface area contributed by atoms with E-state index < -0.39 is 0 Å². The van der Waals surface area contributed by atoms with Gasteiger partial charge in [-0.15, -0.1) is 0 Å². The predicted molar refractivity (Wildman–Crippen MR) is 71.4 cm³/mol. The highest BCUT2D eigenvalue weighted by Crippen LogP contribution is 2.25. The summed E-state index contributed by atoms with van der Waals surface area (Å²) in [5, 5.41) is 3.55. The minimum atomic E-state index is 0.131.